The van der Waals surface area contributed by atoms with E-state index in [0.717, 1.165) is 0 Å². The highest BCUT2D eigenvalue weighted by molar-refractivity contribution is 5.25. The topological polar surface area (TPSA) is 6.48 Å². The van der Waals surface area contributed by atoms with Crippen LogP contribution in [-0.4, -0.2) is 23.9 Å². The fraction of sp³-hybridized carbons (Fsp3) is 0.333. The van der Waals surface area contributed by atoms with E-state index in [1.165, 1.54) is 10.4 Å². The average molecular weight is 274 g/mol. The van der Waals surface area contributed by atoms with Gasteiger partial charge >= 0.3 is 0 Å². The average Bonchev–Trinajstić information content (AvgIpc) is 2.43. The maximum absolute atomic E-state index is 2.12. The summed E-state index contributed by atoms with van der Waals surface area (Å²) in [5, 5.41) is 2.57. The van der Waals surface area contributed by atoms with Gasteiger partial charge in [-0.25, -0.2) is 0 Å². The molecule has 2 rings (SSSR count). The predicted octanol–water partition coefficient (Wildman–Crippen LogP) is 3.37. The minimum atomic E-state index is 0. The maximum atomic E-state index is 2.12. The third kappa shape index (κ3) is 7.47. The summed E-state index contributed by atoms with van der Waals surface area (Å²) in [6, 6.07) is 8.48. The van der Waals surface area contributed by atoms with Crippen molar-refractivity contribution in [1.29, 1.82) is 0 Å². The summed E-state index contributed by atoms with van der Waals surface area (Å²) in [5.41, 5.74) is 0. The van der Waals surface area contributed by atoms with Gasteiger partial charge in [-0.05, 0) is 24.3 Å². The Morgan fingerprint density at radius 1 is 0.650 bits per heavy atom. The summed E-state index contributed by atoms with van der Waals surface area (Å²) >= 11 is 0. The molecule has 112 valence electrons. The Bertz CT molecular complexity index is 442. The van der Waals surface area contributed by atoms with E-state index in [-0.39, 0.29) is 14.9 Å². The zero-order valence-corrected chi connectivity index (χ0v) is 11.7. The molecule has 0 spiro atoms. The first-order chi connectivity index (χ1) is 8.65. The van der Waals surface area contributed by atoms with Gasteiger partial charge in [-0.2, -0.15) is 0 Å². The van der Waals surface area contributed by atoms with E-state index in [0.29, 0.717) is 0 Å². The van der Waals surface area contributed by atoms with E-state index in [9.17, 15) is 0 Å². The Kier molecular flexibility index (Phi) is 11.1. The zero-order valence-electron chi connectivity index (χ0n) is 11.7. The molecule has 1 aliphatic rings. The Hall–Kier alpha value is -1.96. The van der Waals surface area contributed by atoms with Gasteiger partial charge in [0.1, 0.15) is 0 Å². The SMILES string of the molecule is C.C.CC=c1ccc(=CC)cc1.CN1C=CN(C)C=C1. The van der Waals surface area contributed by atoms with Gasteiger partial charge in [-0.3, -0.25) is 0 Å². The van der Waals surface area contributed by atoms with Gasteiger partial charge < -0.3 is 9.80 Å². The Labute approximate surface area is 125 Å². The summed E-state index contributed by atoms with van der Waals surface area (Å²) in [5.74, 6) is 0. The highest BCUT2D eigenvalue weighted by Crippen LogP contribution is 1.97. The van der Waals surface area contributed by atoms with E-state index in [1.54, 1.807) is 0 Å². The molecule has 1 aliphatic heterocycles. The lowest BCUT2D eigenvalue weighted by Crippen LogP contribution is -2.12. The van der Waals surface area contributed by atoms with E-state index >= 15 is 0 Å². The Morgan fingerprint density at radius 2 is 0.900 bits per heavy atom. The fourth-order valence-corrected chi connectivity index (χ4v) is 1.40. The summed E-state index contributed by atoms with van der Waals surface area (Å²) in [6.45, 7) is 4.09. The van der Waals surface area contributed by atoms with E-state index < -0.39 is 0 Å². The number of hydrogen-bond donors (Lipinski definition) is 0. The van der Waals surface area contributed by atoms with Crippen LogP contribution in [0.5, 0.6) is 0 Å². The van der Waals surface area contributed by atoms with Crippen molar-refractivity contribution in [2.75, 3.05) is 14.1 Å². The maximum Gasteiger partial charge on any atom is 0.0194 e. The van der Waals surface area contributed by atoms with Crippen LogP contribution in [0.2, 0.25) is 0 Å². The van der Waals surface area contributed by atoms with Crippen molar-refractivity contribution in [2.45, 2.75) is 28.7 Å². The summed E-state index contributed by atoms with van der Waals surface area (Å²) < 4.78 is 0. The van der Waals surface area contributed by atoms with Crippen LogP contribution in [0.15, 0.2) is 49.1 Å². The van der Waals surface area contributed by atoms with Crippen molar-refractivity contribution in [2.24, 2.45) is 0 Å². The van der Waals surface area contributed by atoms with Crippen molar-refractivity contribution in [3.8, 4) is 0 Å². The second kappa shape index (κ2) is 10.9. The molecule has 0 atom stereocenters. The highest BCUT2D eigenvalue weighted by atomic mass is 15.2. The summed E-state index contributed by atoms with van der Waals surface area (Å²) in [7, 11) is 4.00. The van der Waals surface area contributed by atoms with Crippen LogP contribution in [-0.2, 0) is 0 Å². The molecule has 0 bridgehead atoms. The van der Waals surface area contributed by atoms with Crippen LogP contribution < -0.4 is 10.4 Å². The minimum absolute atomic E-state index is 0. The van der Waals surface area contributed by atoms with Crippen molar-refractivity contribution in [3.63, 3.8) is 0 Å². The van der Waals surface area contributed by atoms with E-state index in [2.05, 4.69) is 36.4 Å². The molecule has 2 heteroatoms. The van der Waals surface area contributed by atoms with Crippen LogP contribution in [0.4, 0.5) is 0 Å². The third-order valence-electron chi connectivity index (χ3n) is 2.68. The first-order valence-electron chi connectivity index (χ1n) is 6.15. The summed E-state index contributed by atoms with van der Waals surface area (Å²) in [4.78, 5) is 4.00. The van der Waals surface area contributed by atoms with E-state index in [4.69, 9.17) is 0 Å². The zero-order chi connectivity index (χ0) is 13.4. The van der Waals surface area contributed by atoms with Crippen molar-refractivity contribution in [3.05, 3.63) is 59.5 Å². The molecule has 1 aromatic rings. The molecule has 0 N–H and O–H groups in total. The standard InChI is InChI=1S/C10H12.C6H10N2.2CH4/c1-3-9-5-7-10(4-2)8-6-9;1-7-3-5-8(2)6-4-7;;/h3-8H,1-2H3;3-6H,1-2H3;2*1H4. The van der Waals surface area contributed by atoms with Gasteiger partial charge in [0.15, 0.2) is 0 Å². The van der Waals surface area contributed by atoms with Crippen LogP contribution in [0.1, 0.15) is 28.7 Å². The molecule has 0 aromatic heterocycles. The molecule has 0 unspecified atom stereocenters. The number of rotatable bonds is 0. The van der Waals surface area contributed by atoms with Crippen molar-refractivity contribution < 1.29 is 0 Å². The quantitative estimate of drug-likeness (QED) is 0.716. The molecule has 0 saturated heterocycles. The van der Waals surface area contributed by atoms with Crippen LogP contribution >= 0.6 is 0 Å². The number of nitrogens with zero attached hydrogens (tertiary/aromatic N) is 2. The van der Waals surface area contributed by atoms with Gasteiger partial charge in [-0.1, -0.05) is 51.3 Å². The molecular formula is C18H30N2. The van der Waals surface area contributed by atoms with Crippen LogP contribution in [0, 0.1) is 0 Å². The molecule has 1 aromatic carbocycles. The molecule has 0 saturated carbocycles. The Morgan fingerprint density at radius 3 is 1.10 bits per heavy atom. The molecule has 20 heavy (non-hydrogen) atoms. The van der Waals surface area contributed by atoms with Gasteiger partial charge in [0.2, 0.25) is 0 Å². The highest BCUT2D eigenvalue weighted by Gasteiger charge is 1.90. The lowest BCUT2D eigenvalue weighted by molar-refractivity contribution is 0.519. The minimum Gasteiger partial charge on any atom is -0.354 e. The molecule has 1 heterocycles. The van der Waals surface area contributed by atoms with Gasteiger partial charge in [0.25, 0.3) is 0 Å². The second-order valence-corrected chi connectivity index (χ2v) is 4.17. The van der Waals surface area contributed by atoms with Gasteiger partial charge in [0, 0.05) is 38.9 Å². The van der Waals surface area contributed by atoms with E-state index in [1.807, 2.05) is 62.5 Å². The normalized spacial score (nSPS) is 11.6. The van der Waals surface area contributed by atoms with Crippen molar-refractivity contribution in [1.82, 2.24) is 9.80 Å². The molecule has 0 fully saturated rings. The smallest absolute Gasteiger partial charge is 0.0194 e. The first kappa shape index (κ1) is 20.4. The van der Waals surface area contributed by atoms with Gasteiger partial charge in [-0.15, -0.1) is 0 Å². The second-order valence-electron chi connectivity index (χ2n) is 4.17. The first-order valence-corrected chi connectivity index (χ1v) is 6.15. The molecule has 2 nitrogen and oxygen atoms in total. The van der Waals surface area contributed by atoms with Crippen LogP contribution in [0.25, 0.3) is 12.2 Å². The fourth-order valence-electron chi connectivity index (χ4n) is 1.40. The Balaban J connectivity index is 0. The van der Waals surface area contributed by atoms with Gasteiger partial charge in [0.05, 0.1) is 0 Å². The third-order valence-corrected chi connectivity index (χ3v) is 2.68. The monoisotopic (exact) mass is 274 g/mol. The lowest BCUT2D eigenvalue weighted by atomic mass is 10.2. The predicted molar refractivity (Wildman–Crippen MR) is 93.2 cm³/mol. The molecular weight excluding hydrogens is 244 g/mol. The van der Waals surface area contributed by atoms with Crippen LogP contribution in [0.3, 0.4) is 0 Å². The largest absolute Gasteiger partial charge is 0.354 e. The molecule has 0 radical (unpaired) electrons. The number of hydrogen-bond acceptors (Lipinski definition) is 2. The molecule has 0 aliphatic carbocycles. The summed E-state index contributed by atoms with van der Waals surface area (Å²) in [6.07, 6.45) is 12.2. The molecule has 0 amide bonds. The van der Waals surface area contributed by atoms with Crippen molar-refractivity contribution >= 4 is 12.2 Å². The lowest BCUT2D eigenvalue weighted by Gasteiger charge is -2.17. The number of benzene rings is 1.